The SMILES string of the molecule is CO[C@H]1[C@H](OC)[C@H](OC)[C@@H](OP(c2ccccc2)c2ccccc2)[C@H](OP(c2ccccc2)c2ccccc2)[C@H]1OC.N[C@@H](c1ccccc1)[C@@H](N)c1ccccc1.[Cl][Ru][Cl]. The van der Waals surface area contributed by atoms with Crippen LogP contribution in [0.4, 0.5) is 0 Å². The fraction of sp³-hybridized carbons (Fsp3) is 0.250. The first-order chi connectivity index (χ1) is 29.9. The van der Waals surface area contributed by atoms with Crippen LogP contribution in [-0.4, -0.2) is 65.1 Å². The molecule has 6 aromatic rings. The zero-order chi connectivity index (χ0) is 43.4. The molecule has 4 N–H and O–H groups in total. The number of benzene rings is 6. The van der Waals surface area contributed by atoms with E-state index in [9.17, 15) is 0 Å². The van der Waals surface area contributed by atoms with Crippen molar-refractivity contribution in [2.45, 2.75) is 48.7 Å². The molecule has 0 amide bonds. The second-order valence-electron chi connectivity index (χ2n) is 13.8. The zero-order valence-corrected chi connectivity index (χ0v) is 39.6. The molecule has 1 fully saturated rings. The van der Waals surface area contributed by atoms with Crippen LogP contribution in [0.1, 0.15) is 23.2 Å². The van der Waals surface area contributed by atoms with Gasteiger partial charge in [-0.1, -0.05) is 182 Å². The van der Waals surface area contributed by atoms with Crippen LogP contribution in [0.5, 0.6) is 0 Å². The van der Waals surface area contributed by atoms with E-state index in [-0.39, 0.29) is 27.2 Å². The average Bonchev–Trinajstić information content (AvgIpc) is 3.33. The Labute approximate surface area is 379 Å². The van der Waals surface area contributed by atoms with Gasteiger partial charge in [0.2, 0.25) is 0 Å². The molecular formula is C48H54Cl2N2O6P2Ru. The molecule has 0 unspecified atom stereocenters. The van der Waals surface area contributed by atoms with Gasteiger partial charge >= 0.3 is 34.5 Å². The summed E-state index contributed by atoms with van der Waals surface area (Å²) in [5.41, 5.74) is 14.4. The molecule has 8 atom stereocenters. The topological polar surface area (TPSA) is 107 Å². The van der Waals surface area contributed by atoms with Crippen molar-refractivity contribution >= 4 is 56.9 Å². The summed E-state index contributed by atoms with van der Waals surface area (Å²) in [6.45, 7) is 0. The molecule has 13 heteroatoms. The van der Waals surface area contributed by atoms with E-state index in [1.54, 1.807) is 28.4 Å². The molecule has 0 aromatic heterocycles. The molecule has 7 rings (SSSR count). The molecule has 324 valence electrons. The van der Waals surface area contributed by atoms with Crippen molar-refractivity contribution in [3.8, 4) is 0 Å². The first-order valence-corrected chi connectivity index (χ1v) is 26.6. The standard InChI is InChI=1S/C34H38O6P2.C14H16N2.2ClH.Ru/c1-35-29-30(36-2)32(38-4)34(40-42(27-21-13-7-14-22-27)28-23-15-8-16-24-28)33(31(29)37-3)39-41(25-17-9-5-10-18-25)26-19-11-6-12-20-26;15-13(11-7-3-1-4-8-11)14(16)12-9-5-2-6-10-12;;;/h5-24,29-34H,1-4H3;1-10,13-14H,15-16H2;2*1H;/q;;;;+2/p-2/t29-,30-,31-,32-,33+,34+;13-,14-;;;/m00.../s1. The van der Waals surface area contributed by atoms with E-state index in [0.717, 1.165) is 32.3 Å². The molecule has 0 saturated heterocycles. The fourth-order valence-corrected chi connectivity index (χ4v) is 11.1. The second kappa shape index (κ2) is 26.6. The van der Waals surface area contributed by atoms with Gasteiger partial charge < -0.3 is 39.5 Å². The summed E-state index contributed by atoms with van der Waals surface area (Å²) in [4.78, 5) is 0. The number of hydrogen-bond acceptors (Lipinski definition) is 8. The third-order valence-electron chi connectivity index (χ3n) is 10.2. The Bertz CT molecular complexity index is 1830. The van der Waals surface area contributed by atoms with E-state index in [1.165, 1.54) is 0 Å². The Kier molecular flexibility index (Phi) is 21.4. The molecule has 0 heterocycles. The Morgan fingerprint density at radius 2 is 0.574 bits per heavy atom. The van der Waals surface area contributed by atoms with Crippen molar-refractivity contribution in [3.05, 3.63) is 193 Å². The van der Waals surface area contributed by atoms with E-state index in [0.29, 0.717) is 0 Å². The Hall–Kier alpha value is -2.94. The summed E-state index contributed by atoms with van der Waals surface area (Å²) in [5.74, 6) is 0. The molecule has 0 aliphatic heterocycles. The summed E-state index contributed by atoms with van der Waals surface area (Å²) in [6, 6.07) is 60.9. The van der Waals surface area contributed by atoms with E-state index < -0.39 is 52.9 Å². The number of hydrogen-bond donors (Lipinski definition) is 2. The van der Waals surface area contributed by atoms with Gasteiger partial charge in [-0.05, 0) is 11.1 Å². The molecule has 6 aromatic carbocycles. The molecule has 0 bridgehead atoms. The number of nitrogens with two attached hydrogens (primary N) is 2. The van der Waals surface area contributed by atoms with Gasteiger partial charge in [0.1, 0.15) is 36.6 Å². The predicted molar refractivity (Wildman–Crippen MR) is 250 cm³/mol. The van der Waals surface area contributed by atoms with E-state index in [4.69, 9.17) is 58.8 Å². The third kappa shape index (κ3) is 13.5. The molecule has 1 saturated carbocycles. The van der Waals surface area contributed by atoms with Gasteiger partial charge in [-0.25, -0.2) is 0 Å². The van der Waals surface area contributed by atoms with Crippen LogP contribution >= 0.6 is 35.7 Å². The van der Waals surface area contributed by atoms with E-state index in [1.807, 2.05) is 133 Å². The van der Waals surface area contributed by atoms with E-state index in [2.05, 4.69) is 48.5 Å². The van der Waals surface area contributed by atoms with Crippen molar-refractivity contribution in [1.29, 1.82) is 0 Å². The first-order valence-electron chi connectivity index (χ1n) is 19.6. The molecule has 0 radical (unpaired) electrons. The summed E-state index contributed by atoms with van der Waals surface area (Å²) in [6.07, 6.45) is -2.95. The summed E-state index contributed by atoms with van der Waals surface area (Å²) >= 11 is -0.346. The normalized spacial score (nSPS) is 20.8. The van der Waals surface area contributed by atoms with Crippen LogP contribution in [0.3, 0.4) is 0 Å². The summed E-state index contributed by atoms with van der Waals surface area (Å²) in [7, 11) is 14.0. The Morgan fingerprint density at radius 1 is 0.377 bits per heavy atom. The van der Waals surface area contributed by atoms with Crippen LogP contribution in [0.2, 0.25) is 0 Å². The molecule has 8 nitrogen and oxygen atoms in total. The molecule has 0 spiro atoms. The third-order valence-corrected chi connectivity index (χ3v) is 14.2. The molecule has 1 aliphatic rings. The maximum absolute atomic E-state index is 7.22. The van der Waals surface area contributed by atoms with Gasteiger partial charge in [-0.2, -0.15) is 0 Å². The van der Waals surface area contributed by atoms with Crippen molar-refractivity contribution in [2.24, 2.45) is 11.5 Å². The molecular weight excluding hydrogens is 934 g/mol. The van der Waals surface area contributed by atoms with Gasteiger partial charge in [0.05, 0.1) is 16.3 Å². The van der Waals surface area contributed by atoms with Crippen LogP contribution < -0.4 is 32.7 Å². The molecule has 61 heavy (non-hydrogen) atoms. The Morgan fingerprint density at radius 3 is 0.787 bits per heavy atom. The van der Waals surface area contributed by atoms with Crippen LogP contribution in [0, 0.1) is 0 Å². The second-order valence-corrected chi connectivity index (χ2v) is 20.1. The Balaban J connectivity index is 0.000000307. The quantitative estimate of drug-likeness (QED) is 0.0779. The van der Waals surface area contributed by atoms with Crippen molar-refractivity contribution in [3.63, 3.8) is 0 Å². The zero-order valence-electron chi connectivity index (χ0n) is 34.5. The van der Waals surface area contributed by atoms with Crippen molar-refractivity contribution in [1.82, 2.24) is 0 Å². The van der Waals surface area contributed by atoms with Gasteiger partial charge in [-0.3, -0.25) is 0 Å². The number of halogens is 2. The van der Waals surface area contributed by atoms with E-state index >= 15 is 0 Å². The van der Waals surface area contributed by atoms with Crippen LogP contribution in [0.15, 0.2) is 182 Å². The number of methoxy groups -OCH3 is 4. The monoisotopic (exact) mass is 988 g/mol. The number of rotatable bonds is 15. The van der Waals surface area contributed by atoms with Crippen LogP contribution in [-0.2, 0) is 43.1 Å². The van der Waals surface area contributed by atoms with Gasteiger partial charge in [-0.15, -0.1) is 0 Å². The number of ether oxygens (including phenoxy) is 4. The van der Waals surface area contributed by atoms with Gasteiger partial charge in [0.25, 0.3) is 0 Å². The molecule has 1 aliphatic carbocycles. The fourth-order valence-electron chi connectivity index (χ4n) is 7.24. The maximum atomic E-state index is 7.22. The van der Waals surface area contributed by atoms with Crippen molar-refractivity contribution < 1.29 is 43.1 Å². The minimum absolute atomic E-state index is 0.163. The summed E-state index contributed by atoms with van der Waals surface area (Å²) in [5, 5.41) is 4.38. The first kappa shape index (κ1) is 49.1. The van der Waals surface area contributed by atoms with Crippen LogP contribution in [0.25, 0.3) is 0 Å². The summed E-state index contributed by atoms with van der Waals surface area (Å²) < 4.78 is 38.8. The predicted octanol–water partition coefficient (Wildman–Crippen LogP) is 8.69. The van der Waals surface area contributed by atoms with Gasteiger partial charge in [0.15, 0.2) is 0 Å². The van der Waals surface area contributed by atoms with Gasteiger partial charge in [0, 0.05) is 61.7 Å². The minimum atomic E-state index is -1.24. The van der Waals surface area contributed by atoms with Crippen molar-refractivity contribution in [2.75, 3.05) is 28.4 Å². The average molecular weight is 989 g/mol.